The molecule has 0 spiro atoms. The first-order valence-corrected chi connectivity index (χ1v) is 39.3. The summed E-state index contributed by atoms with van der Waals surface area (Å²) in [4.78, 5) is 2.90. The van der Waals surface area contributed by atoms with E-state index in [0.29, 0.717) is 469 Å². The van der Waals surface area contributed by atoms with E-state index >= 15 is 0 Å². The molecule has 0 amide bonds. The van der Waals surface area contributed by atoms with Crippen molar-refractivity contribution < 1.29 is 171 Å². The highest BCUT2D eigenvalue weighted by Crippen LogP contribution is 1.94. The van der Waals surface area contributed by atoms with Gasteiger partial charge in [-0.3, -0.25) is 0 Å². The molecule has 0 aromatic carbocycles. The summed E-state index contributed by atoms with van der Waals surface area (Å²) in [6.07, 6.45) is 0. The quantitative estimate of drug-likeness (QED) is 0.0463. The van der Waals surface area contributed by atoms with Gasteiger partial charge in [-0.1, -0.05) is 0 Å². The first-order chi connectivity index (χ1) is 55.4. The lowest BCUT2D eigenvalue weighted by atomic mass is 10.6. The zero-order valence-corrected chi connectivity index (χ0v) is 67.0. The van der Waals surface area contributed by atoms with Gasteiger partial charge in [0, 0.05) is 0 Å². The van der Waals surface area contributed by atoms with Crippen molar-refractivity contribution in [3.05, 3.63) is 0 Å². The second kappa shape index (κ2) is 108. The van der Waals surface area contributed by atoms with Crippen molar-refractivity contribution in [3.63, 3.8) is 0 Å². The molecule has 0 bridgehead atoms. The molecule has 0 atom stereocenters. The molecule has 0 saturated carbocycles. The van der Waals surface area contributed by atoms with Crippen LogP contribution in [0.25, 0.3) is 0 Å². The normalized spacial score (nSPS) is 11.7. The molecule has 39 nitrogen and oxygen atoms in total. The van der Waals surface area contributed by atoms with Gasteiger partial charge in [-0.2, -0.15) is 0 Å². The summed E-state index contributed by atoms with van der Waals surface area (Å²) < 4.78 is 192. The van der Waals surface area contributed by atoms with Gasteiger partial charge < -0.3 is 171 Å². The number of nitrogens with one attached hydrogen (secondary N) is 1. The molecule has 0 aromatic heterocycles. The Balaban J connectivity index is 3.10. The molecule has 0 saturated heterocycles. The maximum absolute atomic E-state index is 8.62. The average molecular weight is 1630 g/mol. The van der Waals surface area contributed by atoms with Gasteiger partial charge in [-0.05, 0) is 0 Å². The third kappa shape index (κ3) is 108. The number of aliphatic hydroxyl groups excluding tert-OH is 1. The van der Waals surface area contributed by atoms with E-state index in [1.165, 1.54) is 0 Å². The monoisotopic (exact) mass is 1630 g/mol. The molecule has 0 aliphatic carbocycles. The van der Waals surface area contributed by atoms with Crippen LogP contribution in [0, 0.1) is 5.53 Å². The predicted octanol–water partition coefficient (Wildman–Crippen LogP) is 0.110. The van der Waals surface area contributed by atoms with Crippen LogP contribution in [-0.4, -0.2) is 481 Å². The Bertz CT molecular complexity index is 1660. The van der Waals surface area contributed by atoms with Crippen molar-refractivity contribution in [2.45, 2.75) is 0 Å². The summed E-state index contributed by atoms with van der Waals surface area (Å²) in [5, 5.41) is 12.1. The molecule has 0 unspecified atom stereocenters. The minimum absolute atomic E-state index is 0.0152. The van der Waals surface area contributed by atoms with E-state index < -0.39 is 0 Å². The second-order valence-electron chi connectivity index (χ2n) is 22.1. The lowest BCUT2D eigenvalue weighted by Gasteiger charge is -2.09. The second-order valence-corrected chi connectivity index (χ2v) is 22.1. The molecular formula is C72H146N3O36+. The minimum Gasteiger partial charge on any atom is -0.394 e. The molecule has 0 aromatic rings. The van der Waals surface area contributed by atoms with Crippen molar-refractivity contribution in [3.8, 4) is 0 Å². The highest BCUT2D eigenvalue weighted by atomic mass is 16.6. The third-order valence-electron chi connectivity index (χ3n) is 13.3. The topological polar surface area (TPSA) is 394 Å². The number of hydrogen-bond acceptors (Lipinski definition) is 38. The van der Waals surface area contributed by atoms with E-state index in [1.807, 2.05) is 0 Å². The standard InChI is InChI=1S/C72H146N3O36/c73-75-74-1-3-77-5-7-79-9-11-81-13-15-83-17-19-85-21-23-87-25-27-89-29-31-91-33-35-93-37-39-95-41-43-97-45-47-99-49-51-101-53-55-103-57-59-105-61-63-107-65-67-109-69-71-111-72-70-110-68-66-108-64-62-106-60-58-104-56-54-102-52-50-100-48-46-98-44-42-96-40-38-94-36-34-92-32-30-90-28-26-88-24-22-86-20-18-84-16-14-82-12-10-80-8-6-78-4-2-76/h73,76H,1-72H2/q+1. The van der Waals surface area contributed by atoms with E-state index in [9.17, 15) is 0 Å². The van der Waals surface area contributed by atoms with Crippen LogP contribution >= 0.6 is 0 Å². The Kier molecular flexibility index (Phi) is 106. The van der Waals surface area contributed by atoms with Crippen LogP contribution < -0.4 is 4.91 Å². The van der Waals surface area contributed by atoms with Gasteiger partial charge in [0.25, 0.3) is 0 Å². The number of rotatable bonds is 107. The fraction of sp³-hybridized carbons (Fsp3) is 1.00. The van der Waals surface area contributed by atoms with Gasteiger partial charge in [0.05, 0.1) is 469 Å². The van der Waals surface area contributed by atoms with Gasteiger partial charge in [-0.25, -0.2) is 0 Å². The maximum atomic E-state index is 8.62. The molecule has 39 heteroatoms. The molecule has 0 aliphatic heterocycles. The van der Waals surface area contributed by atoms with E-state index in [4.69, 9.17) is 176 Å². The number of hydrogen-bond donors (Lipinski definition) is 2. The Morgan fingerprint density at radius 2 is 0.198 bits per heavy atom. The average Bonchev–Trinajstić information content (AvgIpc) is 3.81. The van der Waals surface area contributed by atoms with Crippen LogP contribution in [0.3, 0.4) is 0 Å². The van der Waals surface area contributed by atoms with Crippen molar-refractivity contribution >= 4 is 0 Å². The van der Waals surface area contributed by atoms with Crippen LogP contribution in [0.5, 0.6) is 0 Å². The van der Waals surface area contributed by atoms with Crippen molar-refractivity contribution in [2.75, 3.05) is 476 Å². The summed E-state index contributed by atoms with van der Waals surface area (Å²) in [5.41, 5.74) is 6.55. The minimum atomic E-state index is 0.0152. The van der Waals surface area contributed by atoms with Gasteiger partial charge in [0.1, 0.15) is 17.2 Å². The van der Waals surface area contributed by atoms with Crippen LogP contribution in [0.2, 0.25) is 0 Å². The summed E-state index contributed by atoms with van der Waals surface area (Å²) in [7, 11) is 0. The number of aliphatic hydroxyl groups is 1. The lowest BCUT2D eigenvalue weighted by Crippen LogP contribution is -2.16. The van der Waals surface area contributed by atoms with E-state index in [0.717, 1.165) is 0 Å². The van der Waals surface area contributed by atoms with Crippen molar-refractivity contribution in [2.24, 2.45) is 5.11 Å². The van der Waals surface area contributed by atoms with Gasteiger partial charge in [0.15, 0.2) is 0 Å². The Hall–Kier alpha value is -2.13. The molecule has 0 aliphatic rings. The summed E-state index contributed by atoms with van der Waals surface area (Å²) in [6, 6.07) is 0. The van der Waals surface area contributed by atoms with Crippen molar-refractivity contribution in [1.29, 1.82) is 5.53 Å². The van der Waals surface area contributed by atoms with E-state index in [-0.39, 0.29) is 6.61 Å². The fourth-order valence-electron chi connectivity index (χ4n) is 7.80. The van der Waals surface area contributed by atoms with Crippen LogP contribution in [0.1, 0.15) is 0 Å². The maximum Gasteiger partial charge on any atom is 0.214 e. The number of ether oxygens (including phenoxy) is 35. The summed E-state index contributed by atoms with van der Waals surface area (Å²) in [6.45, 7) is 33.8. The predicted molar refractivity (Wildman–Crippen MR) is 398 cm³/mol. The van der Waals surface area contributed by atoms with Gasteiger partial charge in [-0.15, -0.1) is 0 Å². The van der Waals surface area contributed by atoms with E-state index in [1.54, 1.807) is 0 Å². The Labute approximate surface area is 660 Å². The fourth-order valence-corrected chi connectivity index (χ4v) is 7.80. The van der Waals surface area contributed by atoms with Gasteiger partial charge >= 0.3 is 0 Å². The Morgan fingerprint density at radius 3 is 0.270 bits per heavy atom. The number of nitrogens with zero attached hydrogens (tertiary/aromatic N) is 2. The molecule has 664 valence electrons. The zero-order chi connectivity index (χ0) is 79.1. The third-order valence-corrected chi connectivity index (χ3v) is 13.3. The summed E-state index contributed by atoms with van der Waals surface area (Å²) in [5.74, 6) is 0. The van der Waals surface area contributed by atoms with Gasteiger partial charge in [0.2, 0.25) is 4.91 Å². The largest absolute Gasteiger partial charge is 0.394 e. The highest BCUT2D eigenvalue weighted by molar-refractivity contribution is 4.46. The van der Waals surface area contributed by atoms with Crippen LogP contribution in [-0.2, 0) is 166 Å². The highest BCUT2D eigenvalue weighted by Gasteiger charge is 2.04. The lowest BCUT2D eigenvalue weighted by molar-refractivity contribution is -0.0327. The Morgan fingerprint density at radius 1 is 0.126 bits per heavy atom. The summed E-state index contributed by atoms with van der Waals surface area (Å²) >= 11 is 0. The SMILES string of the molecule is N=[N+]=NCCOCCOCCOCCOCCOCCOCCOCCOCCOCCOCCOCCOCCOCCOCCOCCOCCOCCOCCOCCOCCOCCOCCOCCOCCOCCOCCOCCOCCOCCOCCOCCOCCOCCOCCOCCO. The molecule has 2 N–H and O–H groups in total. The molecule has 0 radical (unpaired) electrons. The molecule has 0 heterocycles. The first kappa shape index (κ1) is 109. The van der Waals surface area contributed by atoms with Crippen LogP contribution in [0.4, 0.5) is 0 Å². The molecule has 111 heavy (non-hydrogen) atoms. The van der Waals surface area contributed by atoms with E-state index in [2.05, 4.69) is 10.0 Å². The molecule has 0 fully saturated rings. The van der Waals surface area contributed by atoms with Crippen LogP contribution in [0.15, 0.2) is 5.11 Å². The molecular weight excluding hydrogens is 1480 g/mol. The van der Waals surface area contributed by atoms with Crippen molar-refractivity contribution in [1.82, 2.24) is 4.91 Å². The zero-order valence-electron chi connectivity index (χ0n) is 67.0. The first-order valence-electron chi connectivity index (χ1n) is 39.3. The molecule has 0 rings (SSSR count). The smallest absolute Gasteiger partial charge is 0.214 e.